The number of benzene rings is 2. The first-order valence-electron chi connectivity index (χ1n) is 8.14. The van der Waals surface area contributed by atoms with E-state index >= 15 is 0 Å². The number of hydrogen-bond donors (Lipinski definition) is 0. The molecule has 0 aliphatic heterocycles. The first kappa shape index (κ1) is 17.7. The summed E-state index contributed by atoms with van der Waals surface area (Å²) in [6.45, 7) is 2.50. The molecule has 0 aliphatic rings. The standard InChI is InChI=1S/C20H23NO3/c1-16(24-20(23)18-13-7-4-8-14-18)10-9-15-21(2)19(22)17-11-5-3-6-12-17/h3-8,11-14,16H,9-10,15H2,1-2H3. The first-order chi connectivity index (χ1) is 11.6. The number of amides is 1. The largest absolute Gasteiger partial charge is 0.459 e. The highest BCUT2D eigenvalue weighted by Crippen LogP contribution is 2.09. The number of rotatable bonds is 7. The van der Waals surface area contributed by atoms with Crippen molar-refractivity contribution in [2.75, 3.05) is 13.6 Å². The van der Waals surface area contributed by atoms with Crippen molar-refractivity contribution in [3.8, 4) is 0 Å². The molecule has 0 spiro atoms. The van der Waals surface area contributed by atoms with E-state index in [1.54, 1.807) is 24.1 Å². The number of ether oxygens (including phenoxy) is 1. The van der Waals surface area contributed by atoms with Crippen molar-refractivity contribution < 1.29 is 14.3 Å². The number of hydrogen-bond acceptors (Lipinski definition) is 3. The van der Waals surface area contributed by atoms with Crippen molar-refractivity contribution in [3.05, 3.63) is 71.8 Å². The molecule has 4 nitrogen and oxygen atoms in total. The van der Waals surface area contributed by atoms with Crippen LogP contribution in [0.4, 0.5) is 0 Å². The summed E-state index contributed by atoms with van der Waals surface area (Å²) >= 11 is 0. The third-order valence-corrected chi connectivity index (χ3v) is 3.79. The molecule has 2 rings (SSSR count). The zero-order chi connectivity index (χ0) is 17.4. The maximum absolute atomic E-state index is 12.2. The van der Waals surface area contributed by atoms with Gasteiger partial charge in [0.15, 0.2) is 0 Å². The fourth-order valence-electron chi connectivity index (χ4n) is 2.40. The Morgan fingerprint density at radius 2 is 1.50 bits per heavy atom. The van der Waals surface area contributed by atoms with E-state index < -0.39 is 0 Å². The normalized spacial score (nSPS) is 11.6. The predicted octanol–water partition coefficient (Wildman–Crippen LogP) is 3.78. The minimum absolute atomic E-state index is 0.00420. The molecule has 24 heavy (non-hydrogen) atoms. The first-order valence-corrected chi connectivity index (χ1v) is 8.14. The van der Waals surface area contributed by atoms with Gasteiger partial charge in [-0.3, -0.25) is 4.79 Å². The van der Waals surface area contributed by atoms with Crippen molar-refractivity contribution in [1.29, 1.82) is 0 Å². The van der Waals surface area contributed by atoms with Gasteiger partial charge in [0.05, 0.1) is 11.7 Å². The molecule has 0 fully saturated rings. The smallest absolute Gasteiger partial charge is 0.338 e. The third-order valence-electron chi connectivity index (χ3n) is 3.79. The summed E-state index contributed by atoms with van der Waals surface area (Å²) in [7, 11) is 1.79. The molecule has 1 amide bonds. The lowest BCUT2D eigenvalue weighted by Gasteiger charge is -2.19. The lowest BCUT2D eigenvalue weighted by atomic mass is 10.1. The molecule has 0 saturated heterocycles. The molecule has 0 aromatic heterocycles. The van der Waals surface area contributed by atoms with Gasteiger partial charge in [0.2, 0.25) is 0 Å². The summed E-state index contributed by atoms with van der Waals surface area (Å²) < 4.78 is 5.42. The predicted molar refractivity (Wildman–Crippen MR) is 94.0 cm³/mol. The quantitative estimate of drug-likeness (QED) is 0.728. The summed E-state index contributed by atoms with van der Waals surface area (Å²) in [6.07, 6.45) is 1.31. The number of nitrogens with zero attached hydrogens (tertiary/aromatic N) is 1. The number of esters is 1. The van der Waals surface area contributed by atoms with E-state index in [-0.39, 0.29) is 18.0 Å². The second kappa shape index (κ2) is 8.87. The second-order valence-electron chi connectivity index (χ2n) is 5.82. The summed E-state index contributed by atoms with van der Waals surface area (Å²) in [6, 6.07) is 18.2. The number of carbonyl (C=O) groups excluding carboxylic acids is 2. The van der Waals surface area contributed by atoms with Crippen LogP contribution in [0, 0.1) is 0 Å². The molecule has 2 aromatic rings. The van der Waals surface area contributed by atoms with Crippen molar-refractivity contribution in [1.82, 2.24) is 4.90 Å². The average molecular weight is 325 g/mol. The molecule has 2 aromatic carbocycles. The summed E-state index contributed by atoms with van der Waals surface area (Å²) in [5, 5.41) is 0. The Morgan fingerprint density at radius 1 is 0.958 bits per heavy atom. The molecule has 0 N–H and O–H groups in total. The van der Waals surface area contributed by atoms with Gasteiger partial charge >= 0.3 is 5.97 Å². The number of carbonyl (C=O) groups is 2. The Balaban J connectivity index is 1.73. The van der Waals surface area contributed by atoms with Crippen LogP contribution in [0.25, 0.3) is 0 Å². The van der Waals surface area contributed by atoms with Gasteiger partial charge in [-0.15, -0.1) is 0 Å². The van der Waals surface area contributed by atoms with Gasteiger partial charge in [0.1, 0.15) is 0 Å². The zero-order valence-corrected chi connectivity index (χ0v) is 14.1. The van der Waals surface area contributed by atoms with E-state index in [4.69, 9.17) is 4.74 Å². The highest BCUT2D eigenvalue weighted by Gasteiger charge is 2.14. The third kappa shape index (κ3) is 5.23. The molecule has 0 saturated carbocycles. The van der Waals surface area contributed by atoms with Crippen LogP contribution in [0.15, 0.2) is 60.7 Å². The van der Waals surface area contributed by atoms with E-state index in [1.807, 2.05) is 55.5 Å². The van der Waals surface area contributed by atoms with Crippen molar-refractivity contribution in [3.63, 3.8) is 0 Å². The Labute approximate surface area is 143 Å². The highest BCUT2D eigenvalue weighted by atomic mass is 16.5. The molecule has 0 heterocycles. The van der Waals surface area contributed by atoms with Crippen LogP contribution >= 0.6 is 0 Å². The minimum atomic E-state index is -0.309. The molecule has 0 aliphatic carbocycles. The molecule has 1 unspecified atom stereocenters. The maximum atomic E-state index is 12.2. The fourth-order valence-corrected chi connectivity index (χ4v) is 2.40. The van der Waals surface area contributed by atoms with Gasteiger partial charge in [-0.2, -0.15) is 0 Å². The lowest BCUT2D eigenvalue weighted by molar-refractivity contribution is 0.0314. The van der Waals surface area contributed by atoms with E-state index in [9.17, 15) is 9.59 Å². The van der Waals surface area contributed by atoms with Gasteiger partial charge < -0.3 is 9.64 Å². The second-order valence-corrected chi connectivity index (χ2v) is 5.82. The molecule has 4 heteroatoms. The monoisotopic (exact) mass is 325 g/mol. The Kier molecular flexibility index (Phi) is 6.55. The van der Waals surface area contributed by atoms with Gasteiger partial charge in [0.25, 0.3) is 5.91 Å². The topological polar surface area (TPSA) is 46.6 Å². The van der Waals surface area contributed by atoms with Crippen molar-refractivity contribution >= 4 is 11.9 Å². The average Bonchev–Trinajstić information content (AvgIpc) is 2.62. The van der Waals surface area contributed by atoms with Crippen LogP contribution in [0.1, 0.15) is 40.5 Å². The molecule has 0 radical (unpaired) electrons. The van der Waals surface area contributed by atoms with Crippen molar-refractivity contribution in [2.45, 2.75) is 25.9 Å². The molecular formula is C20H23NO3. The Bertz CT molecular complexity index is 655. The van der Waals surface area contributed by atoms with Gasteiger partial charge in [-0.25, -0.2) is 4.79 Å². The van der Waals surface area contributed by atoms with Crippen molar-refractivity contribution in [2.24, 2.45) is 0 Å². The van der Waals surface area contributed by atoms with E-state index in [0.717, 1.165) is 6.42 Å². The van der Waals surface area contributed by atoms with Crippen LogP contribution in [0.5, 0.6) is 0 Å². The molecular weight excluding hydrogens is 302 g/mol. The van der Waals surface area contributed by atoms with E-state index in [1.165, 1.54) is 0 Å². The summed E-state index contributed by atoms with van der Waals surface area (Å²) in [5.74, 6) is -0.304. The van der Waals surface area contributed by atoms with Crippen LogP contribution < -0.4 is 0 Å². The fraction of sp³-hybridized carbons (Fsp3) is 0.300. The SMILES string of the molecule is CC(CCCN(C)C(=O)c1ccccc1)OC(=O)c1ccccc1. The van der Waals surface area contributed by atoms with E-state index in [2.05, 4.69) is 0 Å². The summed E-state index contributed by atoms with van der Waals surface area (Å²) in [5.41, 5.74) is 1.24. The molecule has 1 atom stereocenters. The Hall–Kier alpha value is -2.62. The van der Waals surface area contributed by atoms with Gasteiger partial charge in [-0.1, -0.05) is 36.4 Å². The van der Waals surface area contributed by atoms with Crippen LogP contribution in [-0.2, 0) is 4.74 Å². The molecule has 126 valence electrons. The van der Waals surface area contributed by atoms with E-state index in [0.29, 0.717) is 24.1 Å². The highest BCUT2D eigenvalue weighted by molar-refractivity contribution is 5.94. The molecule has 0 bridgehead atoms. The van der Waals surface area contributed by atoms with Crippen LogP contribution in [0.3, 0.4) is 0 Å². The van der Waals surface area contributed by atoms with Crippen LogP contribution in [0.2, 0.25) is 0 Å². The Morgan fingerprint density at radius 3 is 2.08 bits per heavy atom. The maximum Gasteiger partial charge on any atom is 0.338 e. The zero-order valence-electron chi connectivity index (χ0n) is 14.1. The van der Waals surface area contributed by atoms with Gasteiger partial charge in [0, 0.05) is 19.2 Å². The lowest BCUT2D eigenvalue weighted by Crippen LogP contribution is -2.28. The summed E-state index contributed by atoms with van der Waals surface area (Å²) in [4.78, 5) is 25.9. The minimum Gasteiger partial charge on any atom is -0.459 e. The van der Waals surface area contributed by atoms with Gasteiger partial charge in [-0.05, 0) is 44.0 Å². The van der Waals surface area contributed by atoms with Crippen LogP contribution in [-0.4, -0.2) is 36.5 Å².